The quantitative estimate of drug-likeness (QED) is 0.255. The van der Waals surface area contributed by atoms with Gasteiger partial charge in [-0.3, -0.25) is 14.5 Å². The van der Waals surface area contributed by atoms with Crippen molar-refractivity contribution in [3.05, 3.63) is 112 Å². The van der Waals surface area contributed by atoms with Crippen molar-refractivity contribution in [2.45, 2.75) is 20.5 Å². The maximum atomic E-state index is 12.5. The number of amides is 1. The fourth-order valence-corrected chi connectivity index (χ4v) is 4.27. The third-order valence-electron chi connectivity index (χ3n) is 5.08. The molecule has 6 nitrogen and oxygen atoms in total. The van der Waals surface area contributed by atoms with Gasteiger partial charge in [0.1, 0.15) is 6.61 Å². The van der Waals surface area contributed by atoms with Gasteiger partial charge in [0, 0.05) is 23.4 Å². The third kappa shape index (κ3) is 5.27. The van der Waals surface area contributed by atoms with Gasteiger partial charge in [0.05, 0.1) is 16.9 Å². The number of hydrogen-bond acceptors (Lipinski definition) is 6. The molecule has 34 heavy (non-hydrogen) atoms. The smallest absolute Gasteiger partial charge is 0.338 e. The van der Waals surface area contributed by atoms with Crippen LogP contribution in [-0.4, -0.2) is 22.6 Å². The summed E-state index contributed by atoms with van der Waals surface area (Å²) in [4.78, 5) is 43.3. The number of thiazole rings is 1. The van der Waals surface area contributed by atoms with Crippen LogP contribution in [0.15, 0.2) is 84.2 Å². The van der Waals surface area contributed by atoms with Crippen LogP contribution in [0.5, 0.6) is 0 Å². The molecule has 1 heterocycles. The summed E-state index contributed by atoms with van der Waals surface area (Å²) < 4.78 is 5.39. The van der Waals surface area contributed by atoms with E-state index in [0.29, 0.717) is 27.5 Å². The number of ether oxygens (including phenoxy) is 1. The average Bonchev–Trinajstić information content (AvgIpc) is 3.31. The Balaban J connectivity index is 1.41. The van der Waals surface area contributed by atoms with E-state index >= 15 is 0 Å². The molecule has 1 amide bonds. The van der Waals surface area contributed by atoms with E-state index in [4.69, 9.17) is 4.74 Å². The van der Waals surface area contributed by atoms with Crippen LogP contribution >= 0.6 is 11.3 Å². The second-order valence-corrected chi connectivity index (χ2v) is 8.50. The number of anilines is 2. The molecule has 7 heteroatoms. The van der Waals surface area contributed by atoms with Crippen LogP contribution in [0, 0.1) is 6.92 Å². The molecule has 0 radical (unpaired) electrons. The van der Waals surface area contributed by atoms with E-state index in [-0.39, 0.29) is 18.3 Å². The lowest BCUT2D eigenvalue weighted by Crippen LogP contribution is -2.22. The van der Waals surface area contributed by atoms with Crippen molar-refractivity contribution in [2.24, 2.45) is 0 Å². The summed E-state index contributed by atoms with van der Waals surface area (Å²) in [6.45, 7) is 3.41. The number of benzene rings is 3. The molecule has 0 aliphatic heterocycles. The number of rotatable bonds is 7. The number of aryl methyl sites for hydroxylation is 1. The molecule has 0 aliphatic carbocycles. The van der Waals surface area contributed by atoms with Crippen LogP contribution in [0.3, 0.4) is 0 Å². The minimum atomic E-state index is -0.518. The molecule has 3 aromatic carbocycles. The molecule has 0 unspecified atom stereocenters. The van der Waals surface area contributed by atoms with E-state index in [1.807, 2.05) is 37.3 Å². The summed E-state index contributed by atoms with van der Waals surface area (Å²) in [6, 6.07) is 22.9. The number of hydrogen-bond donors (Lipinski definition) is 0. The number of carbonyl (C=O) groups is 3. The van der Waals surface area contributed by atoms with Crippen LogP contribution in [0.4, 0.5) is 10.8 Å². The Bertz CT molecular complexity index is 1330. The van der Waals surface area contributed by atoms with E-state index in [1.54, 1.807) is 53.9 Å². The SMILES string of the molecule is CC(=O)N(c1cccc(C)c1)c1nc(COC(=O)c2ccc(C(=O)c3ccccc3)cc2)cs1. The zero-order valence-corrected chi connectivity index (χ0v) is 19.5. The molecule has 4 rings (SSSR count). The van der Waals surface area contributed by atoms with Gasteiger partial charge in [-0.05, 0) is 36.8 Å². The first-order chi connectivity index (χ1) is 16.4. The highest BCUT2D eigenvalue weighted by molar-refractivity contribution is 7.14. The molecule has 0 bridgehead atoms. The van der Waals surface area contributed by atoms with Gasteiger partial charge in [-0.25, -0.2) is 9.78 Å². The van der Waals surface area contributed by atoms with E-state index in [9.17, 15) is 14.4 Å². The first-order valence-electron chi connectivity index (χ1n) is 10.6. The maximum absolute atomic E-state index is 12.5. The summed E-state index contributed by atoms with van der Waals surface area (Å²) >= 11 is 1.30. The molecule has 4 aromatic rings. The number of carbonyl (C=O) groups excluding carboxylic acids is 3. The van der Waals surface area contributed by atoms with Crippen molar-refractivity contribution in [1.29, 1.82) is 0 Å². The number of nitrogens with zero attached hydrogens (tertiary/aromatic N) is 2. The summed E-state index contributed by atoms with van der Waals surface area (Å²) in [6.07, 6.45) is 0. The molecular weight excluding hydrogens is 448 g/mol. The van der Waals surface area contributed by atoms with E-state index in [1.165, 1.54) is 23.2 Å². The largest absolute Gasteiger partial charge is 0.456 e. The Morgan fingerprint density at radius 2 is 1.56 bits per heavy atom. The Hall–Kier alpha value is -4.10. The first-order valence-corrected chi connectivity index (χ1v) is 11.5. The monoisotopic (exact) mass is 470 g/mol. The summed E-state index contributed by atoms with van der Waals surface area (Å²) in [7, 11) is 0. The average molecular weight is 471 g/mol. The Morgan fingerprint density at radius 1 is 0.882 bits per heavy atom. The van der Waals surface area contributed by atoms with Gasteiger partial charge in [-0.2, -0.15) is 0 Å². The van der Waals surface area contributed by atoms with Crippen LogP contribution in [0.2, 0.25) is 0 Å². The van der Waals surface area contributed by atoms with Crippen LogP contribution in [-0.2, 0) is 16.1 Å². The Labute approximate surface area is 201 Å². The molecular formula is C27H22N2O4S. The minimum absolute atomic E-state index is 0.0282. The van der Waals surface area contributed by atoms with Gasteiger partial charge < -0.3 is 4.74 Å². The van der Waals surface area contributed by atoms with Crippen molar-refractivity contribution in [3.63, 3.8) is 0 Å². The summed E-state index contributed by atoms with van der Waals surface area (Å²) in [5, 5.41) is 2.27. The summed E-state index contributed by atoms with van der Waals surface area (Å²) in [5.41, 5.74) is 3.73. The van der Waals surface area contributed by atoms with E-state index in [2.05, 4.69) is 4.98 Å². The predicted octanol–water partition coefficient (Wildman–Crippen LogP) is 5.72. The van der Waals surface area contributed by atoms with Gasteiger partial charge in [-0.15, -0.1) is 11.3 Å². The van der Waals surface area contributed by atoms with Gasteiger partial charge in [0.2, 0.25) is 5.91 Å². The molecule has 170 valence electrons. The fraction of sp³-hybridized carbons (Fsp3) is 0.111. The number of aromatic nitrogens is 1. The zero-order chi connectivity index (χ0) is 24.1. The van der Waals surface area contributed by atoms with Gasteiger partial charge in [0.15, 0.2) is 10.9 Å². The highest BCUT2D eigenvalue weighted by atomic mass is 32.1. The second-order valence-electron chi connectivity index (χ2n) is 7.66. The molecule has 0 spiro atoms. The predicted molar refractivity (Wildman–Crippen MR) is 132 cm³/mol. The van der Waals surface area contributed by atoms with Crippen molar-refractivity contribution in [1.82, 2.24) is 4.98 Å². The van der Waals surface area contributed by atoms with E-state index < -0.39 is 5.97 Å². The summed E-state index contributed by atoms with van der Waals surface area (Å²) in [5.74, 6) is -0.789. The van der Waals surface area contributed by atoms with Crippen molar-refractivity contribution >= 4 is 39.8 Å². The fourth-order valence-electron chi connectivity index (χ4n) is 3.40. The second kappa shape index (κ2) is 10.2. The van der Waals surface area contributed by atoms with Gasteiger partial charge in [0.25, 0.3) is 0 Å². The maximum Gasteiger partial charge on any atom is 0.338 e. The minimum Gasteiger partial charge on any atom is -0.456 e. The molecule has 0 saturated carbocycles. The van der Waals surface area contributed by atoms with E-state index in [0.717, 1.165) is 11.3 Å². The van der Waals surface area contributed by atoms with Gasteiger partial charge in [-0.1, -0.05) is 54.6 Å². The van der Waals surface area contributed by atoms with Crippen molar-refractivity contribution in [3.8, 4) is 0 Å². The normalized spacial score (nSPS) is 10.5. The van der Waals surface area contributed by atoms with Crippen LogP contribution < -0.4 is 4.90 Å². The topological polar surface area (TPSA) is 76.6 Å². The lowest BCUT2D eigenvalue weighted by atomic mass is 10.0. The Kier molecular flexibility index (Phi) is 6.94. The zero-order valence-electron chi connectivity index (χ0n) is 18.7. The van der Waals surface area contributed by atoms with Crippen LogP contribution in [0.1, 0.15) is 44.5 Å². The first kappa shape index (κ1) is 23.1. The number of esters is 1. The lowest BCUT2D eigenvalue weighted by Gasteiger charge is -2.18. The Morgan fingerprint density at radius 3 is 2.24 bits per heavy atom. The number of ketones is 1. The van der Waals surface area contributed by atoms with Crippen molar-refractivity contribution < 1.29 is 19.1 Å². The molecule has 0 fully saturated rings. The molecule has 0 atom stereocenters. The molecule has 0 aliphatic rings. The standard InChI is InChI=1S/C27H22N2O4S/c1-18-7-6-10-24(15-18)29(19(2)30)27-28-23(17-34-27)16-33-26(32)22-13-11-21(12-14-22)25(31)20-8-4-3-5-9-20/h3-15,17H,16H2,1-2H3. The van der Waals surface area contributed by atoms with Gasteiger partial charge >= 0.3 is 5.97 Å². The highest BCUT2D eigenvalue weighted by Gasteiger charge is 2.19. The highest BCUT2D eigenvalue weighted by Crippen LogP contribution is 2.29. The van der Waals surface area contributed by atoms with Crippen molar-refractivity contribution in [2.75, 3.05) is 4.90 Å². The lowest BCUT2D eigenvalue weighted by molar-refractivity contribution is -0.115. The molecule has 0 saturated heterocycles. The molecule has 1 aromatic heterocycles. The van der Waals surface area contributed by atoms with Crippen LogP contribution in [0.25, 0.3) is 0 Å². The third-order valence-corrected chi connectivity index (χ3v) is 5.95. The molecule has 0 N–H and O–H groups in total.